The number of pyridine rings is 1. The van der Waals surface area contributed by atoms with Gasteiger partial charge in [-0.1, -0.05) is 13.0 Å². The summed E-state index contributed by atoms with van der Waals surface area (Å²) in [6.45, 7) is 9.19. The minimum Gasteiger partial charge on any atom is -0.480 e. The van der Waals surface area contributed by atoms with Crippen molar-refractivity contribution in [2.75, 3.05) is 20.3 Å². The summed E-state index contributed by atoms with van der Waals surface area (Å²) in [4.78, 5) is 13.3. The molecule has 1 N–H and O–H groups in total. The van der Waals surface area contributed by atoms with Gasteiger partial charge in [-0.2, -0.15) is 4.98 Å². The number of imidazole rings is 1. The van der Waals surface area contributed by atoms with Crippen LogP contribution in [0, 0.1) is 0 Å². The standard InChI is InChI=1S/C19H24N6O2/c1-5-7-10-27-19-17-21-8-9-25(17)24-16(23-19)15-11-14(13(3)20-6-2)12-22-18(15)26-4/h5,8-9,11-13,20H,1,6-7,10H2,2-4H3/t13-/m1/s1. The van der Waals surface area contributed by atoms with Gasteiger partial charge in [0.15, 0.2) is 5.82 Å². The molecule has 3 heterocycles. The van der Waals surface area contributed by atoms with Crippen LogP contribution in [0.2, 0.25) is 0 Å². The summed E-state index contributed by atoms with van der Waals surface area (Å²) >= 11 is 0. The predicted molar refractivity (Wildman–Crippen MR) is 103 cm³/mol. The van der Waals surface area contributed by atoms with Crippen LogP contribution in [-0.4, -0.2) is 44.8 Å². The minimum atomic E-state index is 0.146. The molecular weight excluding hydrogens is 344 g/mol. The Balaban J connectivity index is 2.07. The molecule has 8 heteroatoms. The van der Waals surface area contributed by atoms with Crippen LogP contribution in [0.25, 0.3) is 17.0 Å². The Labute approximate surface area is 158 Å². The molecule has 142 valence electrons. The number of ether oxygens (including phenoxy) is 2. The molecule has 3 rings (SSSR count). The number of nitrogens with zero attached hydrogens (tertiary/aromatic N) is 5. The van der Waals surface area contributed by atoms with Crippen molar-refractivity contribution in [3.8, 4) is 23.1 Å². The second-order valence-electron chi connectivity index (χ2n) is 5.97. The average molecular weight is 368 g/mol. The maximum Gasteiger partial charge on any atom is 0.261 e. The van der Waals surface area contributed by atoms with Crippen LogP contribution in [0.15, 0.2) is 37.3 Å². The lowest BCUT2D eigenvalue weighted by molar-refractivity contribution is 0.313. The van der Waals surface area contributed by atoms with Gasteiger partial charge in [-0.05, 0) is 31.5 Å². The smallest absolute Gasteiger partial charge is 0.261 e. The van der Waals surface area contributed by atoms with Crippen molar-refractivity contribution in [3.63, 3.8) is 0 Å². The molecule has 0 saturated heterocycles. The predicted octanol–water partition coefficient (Wildman–Crippen LogP) is 2.82. The molecular formula is C19H24N6O2. The molecule has 0 unspecified atom stereocenters. The van der Waals surface area contributed by atoms with Crippen molar-refractivity contribution in [1.82, 2.24) is 29.9 Å². The molecule has 3 aromatic heterocycles. The maximum atomic E-state index is 5.79. The van der Waals surface area contributed by atoms with Gasteiger partial charge in [-0.25, -0.2) is 14.5 Å². The molecule has 0 bridgehead atoms. The van der Waals surface area contributed by atoms with E-state index < -0.39 is 0 Å². The van der Waals surface area contributed by atoms with Gasteiger partial charge in [0.2, 0.25) is 11.5 Å². The highest BCUT2D eigenvalue weighted by molar-refractivity contribution is 5.64. The van der Waals surface area contributed by atoms with E-state index in [1.807, 2.05) is 6.07 Å². The number of methoxy groups -OCH3 is 1. The van der Waals surface area contributed by atoms with Gasteiger partial charge in [0.05, 0.1) is 19.3 Å². The third kappa shape index (κ3) is 4.06. The summed E-state index contributed by atoms with van der Waals surface area (Å²) in [5.74, 6) is 1.34. The van der Waals surface area contributed by atoms with Crippen LogP contribution in [0.3, 0.4) is 0 Å². The topological polar surface area (TPSA) is 86.5 Å². The first-order valence-electron chi connectivity index (χ1n) is 8.90. The molecule has 1 atom stereocenters. The van der Waals surface area contributed by atoms with Crippen LogP contribution in [0.4, 0.5) is 0 Å². The molecule has 8 nitrogen and oxygen atoms in total. The molecule has 0 amide bonds. The van der Waals surface area contributed by atoms with E-state index in [2.05, 4.69) is 45.8 Å². The fourth-order valence-electron chi connectivity index (χ4n) is 2.70. The molecule has 0 aliphatic rings. The third-order valence-electron chi connectivity index (χ3n) is 4.10. The van der Waals surface area contributed by atoms with Crippen LogP contribution in [0.1, 0.15) is 31.9 Å². The second kappa shape index (κ2) is 8.59. The Morgan fingerprint density at radius 1 is 1.33 bits per heavy atom. The fraction of sp³-hybridized carbons (Fsp3) is 0.368. The largest absolute Gasteiger partial charge is 0.480 e. The van der Waals surface area contributed by atoms with Gasteiger partial charge >= 0.3 is 0 Å². The first-order valence-corrected chi connectivity index (χ1v) is 8.90. The number of hydrogen-bond acceptors (Lipinski definition) is 7. The molecule has 0 aromatic carbocycles. The molecule has 0 spiro atoms. The van der Waals surface area contributed by atoms with Gasteiger partial charge < -0.3 is 14.8 Å². The Morgan fingerprint density at radius 2 is 2.19 bits per heavy atom. The average Bonchev–Trinajstić information content (AvgIpc) is 3.16. The van der Waals surface area contributed by atoms with Crippen molar-refractivity contribution in [3.05, 3.63) is 42.9 Å². The van der Waals surface area contributed by atoms with Crippen LogP contribution in [-0.2, 0) is 0 Å². The van der Waals surface area contributed by atoms with Crippen molar-refractivity contribution < 1.29 is 9.47 Å². The monoisotopic (exact) mass is 368 g/mol. The highest BCUT2D eigenvalue weighted by Gasteiger charge is 2.18. The van der Waals surface area contributed by atoms with Crippen molar-refractivity contribution in [2.45, 2.75) is 26.3 Å². The first kappa shape index (κ1) is 18.8. The summed E-state index contributed by atoms with van der Waals surface area (Å²) in [7, 11) is 1.58. The normalized spacial score (nSPS) is 12.1. The van der Waals surface area contributed by atoms with Crippen LogP contribution in [0.5, 0.6) is 11.8 Å². The number of hydrogen-bond donors (Lipinski definition) is 1. The van der Waals surface area contributed by atoms with Gasteiger partial charge in [-0.3, -0.25) is 0 Å². The Hall–Kier alpha value is -3.00. The molecule has 0 saturated carbocycles. The van der Waals surface area contributed by atoms with E-state index in [9.17, 15) is 0 Å². The highest BCUT2D eigenvalue weighted by atomic mass is 16.5. The van der Waals surface area contributed by atoms with Crippen molar-refractivity contribution in [1.29, 1.82) is 0 Å². The zero-order chi connectivity index (χ0) is 19.2. The first-order chi connectivity index (χ1) is 13.2. The van der Waals surface area contributed by atoms with E-state index in [1.165, 1.54) is 0 Å². The lowest BCUT2D eigenvalue weighted by Crippen LogP contribution is -2.18. The minimum absolute atomic E-state index is 0.146. The second-order valence-corrected chi connectivity index (χ2v) is 5.97. The van der Waals surface area contributed by atoms with Crippen LogP contribution >= 0.6 is 0 Å². The van der Waals surface area contributed by atoms with Gasteiger partial charge in [0.25, 0.3) is 5.88 Å². The molecule has 0 aliphatic heterocycles. The highest BCUT2D eigenvalue weighted by Crippen LogP contribution is 2.30. The number of aromatic nitrogens is 5. The summed E-state index contributed by atoms with van der Waals surface area (Å²) in [5, 5.41) is 7.93. The van der Waals surface area contributed by atoms with E-state index >= 15 is 0 Å². The quantitative estimate of drug-likeness (QED) is 0.459. The number of nitrogens with one attached hydrogen (secondary N) is 1. The SMILES string of the molecule is C=CCCOc1nc(-c2cc([C@@H](C)NCC)cnc2OC)nn2ccnc12. The zero-order valence-electron chi connectivity index (χ0n) is 15.8. The third-order valence-corrected chi connectivity index (χ3v) is 4.10. The number of rotatable bonds is 9. The van der Waals surface area contributed by atoms with Crippen molar-refractivity contribution in [2.24, 2.45) is 0 Å². The lowest BCUT2D eigenvalue weighted by Gasteiger charge is -2.15. The van der Waals surface area contributed by atoms with E-state index in [4.69, 9.17) is 9.47 Å². The molecule has 0 radical (unpaired) electrons. The Bertz CT molecular complexity index is 924. The van der Waals surface area contributed by atoms with Crippen molar-refractivity contribution >= 4 is 5.65 Å². The summed E-state index contributed by atoms with van der Waals surface area (Å²) in [6.07, 6.45) is 7.72. The van der Waals surface area contributed by atoms with E-state index in [0.29, 0.717) is 41.8 Å². The Kier molecular flexibility index (Phi) is 5.97. The molecule has 3 aromatic rings. The number of fused-ring (bicyclic) bond motifs is 1. The van der Waals surface area contributed by atoms with Gasteiger partial charge in [0, 0.05) is 24.6 Å². The summed E-state index contributed by atoms with van der Waals surface area (Å²) in [6, 6.07) is 2.14. The summed E-state index contributed by atoms with van der Waals surface area (Å²) < 4.78 is 12.9. The molecule has 0 fully saturated rings. The van der Waals surface area contributed by atoms with E-state index in [1.54, 1.807) is 36.3 Å². The Morgan fingerprint density at radius 3 is 2.93 bits per heavy atom. The zero-order valence-corrected chi connectivity index (χ0v) is 15.8. The summed E-state index contributed by atoms with van der Waals surface area (Å²) in [5.41, 5.74) is 2.28. The fourth-order valence-corrected chi connectivity index (χ4v) is 2.70. The van der Waals surface area contributed by atoms with E-state index in [-0.39, 0.29) is 6.04 Å². The van der Waals surface area contributed by atoms with Gasteiger partial charge in [0.1, 0.15) is 0 Å². The van der Waals surface area contributed by atoms with Crippen LogP contribution < -0.4 is 14.8 Å². The molecule has 0 aliphatic carbocycles. The van der Waals surface area contributed by atoms with E-state index in [0.717, 1.165) is 12.1 Å². The molecule has 27 heavy (non-hydrogen) atoms. The maximum absolute atomic E-state index is 5.79. The van der Waals surface area contributed by atoms with Gasteiger partial charge in [-0.15, -0.1) is 11.7 Å². The lowest BCUT2D eigenvalue weighted by atomic mass is 10.1.